The summed E-state index contributed by atoms with van der Waals surface area (Å²) in [6, 6.07) is 20.8. The molecule has 0 saturated carbocycles. The largest absolute Gasteiger partial charge is 0.399 e. The Hall–Kier alpha value is -4.19. The number of anilines is 3. The Kier molecular flexibility index (Phi) is 3.96. The van der Waals surface area contributed by atoms with Crippen molar-refractivity contribution in [1.29, 1.82) is 0 Å². The summed E-state index contributed by atoms with van der Waals surface area (Å²) >= 11 is 0. The van der Waals surface area contributed by atoms with Crippen molar-refractivity contribution < 1.29 is 0 Å². The minimum Gasteiger partial charge on any atom is -0.399 e. The molecule has 0 bridgehead atoms. The third-order valence-electron chi connectivity index (χ3n) is 5.73. The molecular formula is C25H20N6. The van der Waals surface area contributed by atoms with Gasteiger partial charge in [-0.15, -0.1) is 0 Å². The predicted molar refractivity (Wildman–Crippen MR) is 125 cm³/mol. The Morgan fingerprint density at radius 3 is 2.06 bits per heavy atom. The van der Waals surface area contributed by atoms with E-state index in [9.17, 15) is 0 Å². The summed E-state index contributed by atoms with van der Waals surface area (Å²) < 4.78 is 0. The first kappa shape index (κ1) is 17.7. The molecule has 1 aromatic heterocycles. The van der Waals surface area contributed by atoms with Gasteiger partial charge in [-0.1, -0.05) is 36.4 Å². The fourth-order valence-electron chi connectivity index (χ4n) is 4.12. The van der Waals surface area contributed by atoms with Crippen LogP contribution in [0, 0.1) is 0 Å². The van der Waals surface area contributed by atoms with Crippen LogP contribution < -0.4 is 11.1 Å². The SMILES string of the molecule is Nc1ccc2c(c1)N=C(c1ccc(C3=Nc4cc(Nc5ncc[nH]5)ccc4C3)cc1)C2. The van der Waals surface area contributed by atoms with E-state index in [2.05, 4.69) is 63.8 Å². The summed E-state index contributed by atoms with van der Waals surface area (Å²) in [5, 5.41) is 3.26. The molecule has 6 rings (SSSR count). The van der Waals surface area contributed by atoms with E-state index < -0.39 is 0 Å². The number of H-pyrrole nitrogens is 1. The van der Waals surface area contributed by atoms with Crippen LogP contribution in [0.4, 0.5) is 28.7 Å². The first-order chi connectivity index (χ1) is 15.2. The van der Waals surface area contributed by atoms with E-state index >= 15 is 0 Å². The zero-order valence-electron chi connectivity index (χ0n) is 16.8. The van der Waals surface area contributed by atoms with Crippen LogP contribution in [0.25, 0.3) is 0 Å². The molecule has 0 amide bonds. The molecule has 0 saturated heterocycles. The van der Waals surface area contributed by atoms with Gasteiger partial charge in [-0.3, -0.25) is 9.98 Å². The highest BCUT2D eigenvalue weighted by atomic mass is 15.1. The van der Waals surface area contributed by atoms with Crippen LogP contribution in [-0.4, -0.2) is 21.4 Å². The number of hydrogen-bond donors (Lipinski definition) is 3. The molecule has 0 spiro atoms. The van der Waals surface area contributed by atoms with Gasteiger partial charge in [-0.25, -0.2) is 4.98 Å². The second-order valence-corrected chi connectivity index (χ2v) is 7.84. The summed E-state index contributed by atoms with van der Waals surface area (Å²) in [7, 11) is 0. The first-order valence-electron chi connectivity index (χ1n) is 10.2. The lowest BCUT2D eigenvalue weighted by Crippen LogP contribution is -2.03. The molecule has 3 heterocycles. The Morgan fingerprint density at radius 2 is 1.42 bits per heavy atom. The number of rotatable bonds is 4. The van der Waals surface area contributed by atoms with E-state index in [0.717, 1.165) is 64.1 Å². The predicted octanol–water partition coefficient (Wildman–Crippen LogP) is 5.09. The van der Waals surface area contributed by atoms with Crippen molar-refractivity contribution in [3.63, 3.8) is 0 Å². The zero-order chi connectivity index (χ0) is 20.8. The van der Waals surface area contributed by atoms with Gasteiger partial charge >= 0.3 is 0 Å². The van der Waals surface area contributed by atoms with Gasteiger partial charge in [0, 0.05) is 36.6 Å². The maximum atomic E-state index is 5.89. The van der Waals surface area contributed by atoms with E-state index in [1.807, 2.05) is 12.1 Å². The molecular weight excluding hydrogens is 384 g/mol. The highest BCUT2D eigenvalue weighted by Gasteiger charge is 2.19. The molecule has 4 aromatic rings. The average molecular weight is 404 g/mol. The number of aromatic amines is 1. The zero-order valence-corrected chi connectivity index (χ0v) is 16.8. The number of hydrogen-bond acceptors (Lipinski definition) is 5. The van der Waals surface area contributed by atoms with Crippen LogP contribution in [0.5, 0.6) is 0 Å². The Bertz CT molecular complexity index is 1350. The Balaban J connectivity index is 1.22. The first-order valence-corrected chi connectivity index (χ1v) is 10.2. The van der Waals surface area contributed by atoms with Gasteiger partial charge in [0.15, 0.2) is 0 Å². The smallest absolute Gasteiger partial charge is 0.204 e. The number of fused-ring (bicyclic) bond motifs is 2. The fourth-order valence-corrected chi connectivity index (χ4v) is 4.12. The summed E-state index contributed by atoms with van der Waals surface area (Å²) in [5.74, 6) is 0.720. The molecule has 6 heteroatoms. The molecule has 0 unspecified atom stereocenters. The minimum atomic E-state index is 0.720. The summed E-state index contributed by atoms with van der Waals surface area (Å²) in [6.07, 6.45) is 5.19. The van der Waals surface area contributed by atoms with Gasteiger partial charge in [-0.2, -0.15) is 0 Å². The van der Waals surface area contributed by atoms with Gasteiger partial charge in [0.05, 0.1) is 22.8 Å². The minimum absolute atomic E-state index is 0.720. The average Bonchev–Trinajstić information content (AvgIpc) is 3.53. The topological polar surface area (TPSA) is 91.4 Å². The molecule has 0 fully saturated rings. The number of aliphatic imine (C=N–C) groups is 2. The fraction of sp³-hybridized carbons (Fsp3) is 0.0800. The molecule has 0 aliphatic carbocycles. The van der Waals surface area contributed by atoms with E-state index in [1.165, 1.54) is 11.1 Å². The highest BCUT2D eigenvalue weighted by Crippen LogP contribution is 2.33. The molecule has 6 nitrogen and oxygen atoms in total. The second kappa shape index (κ2) is 6.95. The van der Waals surface area contributed by atoms with Crippen molar-refractivity contribution in [2.24, 2.45) is 9.98 Å². The number of nitrogens with two attached hydrogens (primary N) is 1. The van der Waals surface area contributed by atoms with Gasteiger partial charge in [0.1, 0.15) is 0 Å². The quantitative estimate of drug-likeness (QED) is 0.414. The molecule has 4 N–H and O–H groups in total. The number of nitrogen functional groups attached to an aromatic ring is 1. The second-order valence-electron chi connectivity index (χ2n) is 7.84. The lowest BCUT2D eigenvalue weighted by molar-refractivity contribution is 1.28. The van der Waals surface area contributed by atoms with Gasteiger partial charge < -0.3 is 16.0 Å². The Labute approximate surface area is 179 Å². The van der Waals surface area contributed by atoms with Crippen molar-refractivity contribution in [2.75, 3.05) is 11.1 Å². The number of benzene rings is 3. The summed E-state index contributed by atoms with van der Waals surface area (Å²) in [6.45, 7) is 0. The molecule has 0 radical (unpaired) electrons. The lowest BCUT2D eigenvalue weighted by atomic mass is 9.99. The van der Waals surface area contributed by atoms with Crippen molar-refractivity contribution in [3.8, 4) is 0 Å². The summed E-state index contributed by atoms with van der Waals surface area (Å²) in [4.78, 5) is 16.9. The Morgan fingerprint density at radius 1 is 0.774 bits per heavy atom. The van der Waals surface area contributed by atoms with Crippen LogP contribution in [0.3, 0.4) is 0 Å². The van der Waals surface area contributed by atoms with Crippen LogP contribution in [0.2, 0.25) is 0 Å². The molecule has 3 aromatic carbocycles. The highest BCUT2D eigenvalue weighted by molar-refractivity contribution is 6.09. The summed E-state index contributed by atoms with van der Waals surface area (Å²) in [5.41, 5.74) is 16.5. The molecule has 31 heavy (non-hydrogen) atoms. The lowest BCUT2D eigenvalue weighted by Gasteiger charge is -2.04. The molecule has 2 aliphatic rings. The van der Waals surface area contributed by atoms with Crippen LogP contribution in [0.15, 0.2) is 83.0 Å². The van der Waals surface area contributed by atoms with E-state index in [-0.39, 0.29) is 0 Å². The maximum absolute atomic E-state index is 5.89. The number of imidazole rings is 1. The van der Waals surface area contributed by atoms with E-state index in [0.29, 0.717) is 0 Å². The number of nitrogens with one attached hydrogen (secondary N) is 2. The standard InChI is InChI=1S/C25H20N6/c26-19-7-5-17-11-21(30-23(17)13-19)15-1-3-16(4-2-15)22-12-18-6-8-20(14-24(18)31-22)29-25-27-9-10-28-25/h1-10,13-14H,11-12,26H2,(H2,27,28,29). The van der Waals surface area contributed by atoms with Gasteiger partial charge in [0.25, 0.3) is 0 Å². The van der Waals surface area contributed by atoms with Gasteiger partial charge in [0.2, 0.25) is 5.95 Å². The van der Waals surface area contributed by atoms with Gasteiger partial charge in [-0.05, 0) is 46.5 Å². The molecule has 0 atom stereocenters. The van der Waals surface area contributed by atoms with Crippen LogP contribution >= 0.6 is 0 Å². The van der Waals surface area contributed by atoms with E-state index in [1.54, 1.807) is 12.4 Å². The third kappa shape index (κ3) is 3.28. The maximum Gasteiger partial charge on any atom is 0.204 e. The molecule has 2 aliphatic heterocycles. The van der Waals surface area contributed by atoms with Crippen molar-refractivity contribution in [3.05, 3.63) is 95.3 Å². The van der Waals surface area contributed by atoms with Crippen LogP contribution in [0.1, 0.15) is 22.3 Å². The monoisotopic (exact) mass is 404 g/mol. The van der Waals surface area contributed by atoms with Crippen molar-refractivity contribution in [2.45, 2.75) is 12.8 Å². The number of nitrogens with zero attached hydrogens (tertiary/aromatic N) is 3. The van der Waals surface area contributed by atoms with Crippen LogP contribution in [-0.2, 0) is 12.8 Å². The normalized spacial score (nSPS) is 14.1. The molecule has 150 valence electrons. The number of aromatic nitrogens is 2. The van der Waals surface area contributed by atoms with E-state index in [4.69, 9.17) is 15.7 Å². The third-order valence-corrected chi connectivity index (χ3v) is 5.73. The van der Waals surface area contributed by atoms with Crippen molar-refractivity contribution >= 4 is 40.1 Å². The van der Waals surface area contributed by atoms with Crippen molar-refractivity contribution in [1.82, 2.24) is 9.97 Å².